The van der Waals surface area contributed by atoms with Gasteiger partial charge in [-0.3, -0.25) is 9.59 Å². The number of halogens is 3. The Balaban J connectivity index is 1.66. The smallest absolute Gasteiger partial charge is 0.242 e. The number of hydrogen-bond donors (Lipinski definition) is 4. The van der Waals surface area contributed by atoms with Gasteiger partial charge in [0.15, 0.2) is 0 Å². The van der Waals surface area contributed by atoms with Crippen molar-refractivity contribution >= 4 is 22.7 Å². The lowest BCUT2D eigenvalue weighted by Gasteiger charge is -2.35. The first-order valence-corrected chi connectivity index (χ1v) is 9.75. The number of aromatic amines is 1. The van der Waals surface area contributed by atoms with Crippen LogP contribution in [-0.2, 0) is 9.59 Å². The summed E-state index contributed by atoms with van der Waals surface area (Å²) < 4.78 is 41.7. The molecule has 31 heavy (non-hydrogen) atoms. The highest BCUT2D eigenvalue weighted by Gasteiger charge is 2.39. The third kappa shape index (κ3) is 3.88. The van der Waals surface area contributed by atoms with Gasteiger partial charge in [-0.15, -0.1) is 0 Å². The van der Waals surface area contributed by atoms with Crippen molar-refractivity contribution in [2.75, 3.05) is 6.61 Å². The summed E-state index contributed by atoms with van der Waals surface area (Å²) in [7, 11) is 0. The molecule has 0 bridgehead atoms. The molecule has 162 valence electrons. The highest BCUT2D eigenvalue weighted by molar-refractivity contribution is 5.93. The van der Waals surface area contributed by atoms with Crippen molar-refractivity contribution in [3.05, 3.63) is 59.4 Å². The zero-order chi connectivity index (χ0) is 22.3. The van der Waals surface area contributed by atoms with Crippen LogP contribution in [0, 0.1) is 23.4 Å². The molecule has 1 atom stereocenters. The summed E-state index contributed by atoms with van der Waals surface area (Å²) in [6, 6.07) is 6.48. The van der Waals surface area contributed by atoms with E-state index in [1.807, 2.05) is 0 Å². The van der Waals surface area contributed by atoms with Crippen LogP contribution in [0.25, 0.3) is 22.2 Å². The predicted octanol–water partition coefficient (Wildman–Crippen LogP) is 2.71. The standard InChI is InChI=1S/C22H20F3N3O3/c23-13-3-1-10(2-4-13)19-18(15-7-14(24)8-16(25)20(15)28-19)11-5-12(6-11)22(31)27-17(9-29)21(26)30/h1-4,7-8,11-12,17,28-29H,5-6,9H2,(H2,26,30)(H,27,31)/t11-,12-,17-/m1/s1. The van der Waals surface area contributed by atoms with Gasteiger partial charge in [0, 0.05) is 17.4 Å². The number of carbonyl (C=O) groups is 2. The molecule has 2 amide bonds. The fraction of sp³-hybridized carbons (Fsp3) is 0.273. The highest BCUT2D eigenvalue weighted by atomic mass is 19.1. The Kier molecular flexibility index (Phi) is 5.45. The number of carbonyl (C=O) groups excluding carboxylic acids is 2. The van der Waals surface area contributed by atoms with Crippen molar-refractivity contribution in [3.63, 3.8) is 0 Å². The second kappa shape index (κ2) is 8.07. The SMILES string of the molecule is NC(=O)[C@@H](CO)NC(=O)[C@H]1C[C@H](c2c(-c3ccc(F)cc3)[nH]c3c(F)cc(F)cc32)C1. The van der Waals surface area contributed by atoms with Gasteiger partial charge in [0.25, 0.3) is 0 Å². The molecule has 0 radical (unpaired) electrons. The molecule has 1 aliphatic rings. The molecule has 0 aliphatic heterocycles. The van der Waals surface area contributed by atoms with Crippen molar-refractivity contribution < 1.29 is 27.9 Å². The lowest BCUT2D eigenvalue weighted by Crippen LogP contribution is -2.50. The fourth-order valence-corrected chi connectivity index (χ4v) is 4.07. The van der Waals surface area contributed by atoms with Crippen molar-refractivity contribution in [3.8, 4) is 11.3 Å². The second-order valence-corrected chi connectivity index (χ2v) is 7.74. The van der Waals surface area contributed by atoms with Crippen LogP contribution in [-0.4, -0.2) is 34.6 Å². The minimum atomic E-state index is -1.17. The third-order valence-corrected chi connectivity index (χ3v) is 5.76. The summed E-state index contributed by atoms with van der Waals surface area (Å²) in [4.78, 5) is 26.6. The van der Waals surface area contributed by atoms with Gasteiger partial charge in [-0.25, -0.2) is 13.2 Å². The first-order chi connectivity index (χ1) is 14.8. The third-order valence-electron chi connectivity index (χ3n) is 5.76. The minimum absolute atomic E-state index is 0.137. The van der Waals surface area contributed by atoms with Crippen LogP contribution in [0.1, 0.15) is 24.3 Å². The lowest BCUT2D eigenvalue weighted by molar-refractivity contribution is -0.132. The van der Waals surface area contributed by atoms with Crippen LogP contribution < -0.4 is 11.1 Å². The van der Waals surface area contributed by atoms with Crippen LogP contribution in [0.5, 0.6) is 0 Å². The van der Waals surface area contributed by atoms with Crippen molar-refractivity contribution in [1.82, 2.24) is 10.3 Å². The average Bonchev–Trinajstić information content (AvgIpc) is 3.05. The van der Waals surface area contributed by atoms with Gasteiger partial charge in [0.05, 0.1) is 17.8 Å². The van der Waals surface area contributed by atoms with Gasteiger partial charge in [0.1, 0.15) is 23.5 Å². The maximum Gasteiger partial charge on any atom is 0.242 e. The molecule has 2 aromatic carbocycles. The molecule has 0 saturated heterocycles. The topological polar surface area (TPSA) is 108 Å². The first-order valence-electron chi connectivity index (χ1n) is 9.75. The number of nitrogens with two attached hydrogens (primary N) is 1. The van der Waals surface area contributed by atoms with Crippen molar-refractivity contribution in [1.29, 1.82) is 0 Å². The number of fused-ring (bicyclic) bond motifs is 1. The van der Waals surface area contributed by atoms with E-state index in [1.165, 1.54) is 18.2 Å². The van der Waals surface area contributed by atoms with E-state index in [-0.39, 0.29) is 11.4 Å². The average molecular weight is 431 g/mol. The maximum atomic E-state index is 14.4. The normalized spacial score (nSPS) is 19.1. The monoisotopic (exact) mass is 431 g/mol. The minimum Gasteiger partial charge on any atom is -0.394 e. The maximum absolute atomic E-state index is 14.4. The fourth-order valence-electron chi connectivity index (χ4n) is 4.07. The van der Waals surface area contributed by atoms with E-state index in [4.69, 9.17) is 10.8 Å². The molecule has 6 nitrogen and oxygen atoms in total. The van der Waals surface area contributed by atoms with Gasteiger partial charge in [0.2, 0.25) is 11.8 Å². The summed E-state index contributed by atoms with van der Waals surface area (Å²) in [5.41, 5.74) is 7.06. The Bertz CT molecular complexity index is 1150. The van der Waals surface area contributed by atoms with E-state index in [2.05, 4.69) is 10.3 Å². The number of amides is 2. The van der Waals surface area contributed by atoms with E-state index >= 15 is 0 Å². The van der Waals surface area contributed by atoms with Gasteiger partial charge in [-0.2, -0.15) is 0 Å². The van der Waals surface area contributed by atoms with Gasteiger partial charge < -0.3 is 21.1 Å². The number of benzene rings is 2. The summed E-state index contributed by atoms with van der Waals surface area (Å²) in [6.07, 6.45) is 0.754. The largest absolute Gasteiger partial charge is 0.394 e. The molecule has 0 unspecified atom stereocenters. The van der Waals surface area contributed by atoms with Crippen LogP contribution in [0.4, 0.5) is 13.2 Å². The Morgan fingerprint density at radius 3 is 2.42 bits per heavy atom. The molecule has 1 heterocycles. The number of rotatable bonds is 6. The quantitative estimate of drug-likeness (QED) is 0.482. The van der Waals surface area contributed by atoms with E-state index in [1.54, 1.807) is 12.1 Å². The van der Waals surface area contributed by atoms with Crippen LogP contribution in [0.15, 0.2) is 36.4 Å². The van der Waals surface area contributed by atoms with Crippen LogP contribution in [0.2, 0.25) is 0 Å². The Labute approximate surface area is 175 Å². The number of hydrogen-bond acceptors (Lipinski definition) is 3. The summed E-state index contributed by atoms with van der Waals surface area (Å²) in [6.45, 7) is -0.604. The molecular weight excluding hydrogens is 411 g/mol. The molecule has 0 spiro atoms. The van der Waals surface area contributed by atoms with E-state index in [9.17, 15) is 22.8 Å². The van der Waals surface area contributed by atoms with E-state index in [0.717, 1.165) is 6.07 Å². The number of aromatic nitrogens is 1. The zero-order valence-corrected chi connectivity index (χ0v) is 16.3. The Morgan fingerprint density at radius 1 is 1.13 bits per heavy atom. The number of primary amides is 1. The van der Waals surface area contributed by atoms with Crippen molar-refractivity contribution in [2.45, 2.75) is 24.8 Å². The van der Waals surface area contributed by atoms with Crippen LogP contribution >= 0.6 is 0 Å². The number of aliphatic hydroxyl groups excluding tert-OH is 1. The second-order valence-electron chi connectivity index (χ2n) is 7.74. The summed E-state index contributed by atoms with van der Waals surface area (Å²) in [5, 5.41) is 11.9. The number of nitrogens with one attached hydrogen (secondary N) is 2. The highest BCUT2D eigenvalue weighted by Crippen LogP contribution is 2.48. The molecule has 4 rings (SSSR count). The molecule has 9 heteroatoms. The Morgan fingerprint density at radius 2 is 1.81 bits per heavy atom. The molecule has 1 fully saturated rings. The van der Waals surface area contributed by atoms with E-state index in [0.29, 0.717) is 35.0 Å². The molecule has 3 aromatic rings. The van der Waals surface area contributed by atoms with E-state index < -0.39 is 47.8 Å². The zero-order valence-electron chi connectivity index (χ0n) is 16.3. The molecule has 1 aromatic heterocycles. The lowest BCUT2D eigenvalue weighted by atomic mass is 9.69. The van der Waals surface area contributed by atoms with Gasteiger partial charge in [-0.1, -0.05) is 0 Å². The molecule has 5 N–H and O–H groups in total. The number of aliphatic hydroxyl groups is 1. The summed E-state index contributed by atoms with van der Waals surface area (Å²) in [5.74, 6) is -3.79. The Hall–Kier alpha value is -3.33. The molecule has 1 saturated carbocycles. The summed E-state index contributed by atoms with van der Waals surface area (Å²) >= 11 is 0. The first kappa shape index (κ1) is 20.9. The number of H-pyrrole nitrogens is 1. The predicted molar refractivity (Wildman–Crippen MR) is 107 cm³/mol. The van der Waals surface area contributed by atoms with Gasteiger partial charge in [-0.05, 0) is 60.2 Å². The van der Waals surface area contributed by atoms with Crippen LogP contribution in [0.3, 0.4) is 0 Å². The molecule has 1 aliphatic carbocycles. The molecular formula is C22H20F3N3O3. The van der Waals surface area contributed by atoms with Gasteiger partial charge >= 0.3 is 0 Å². The van der Waals surface area contributed by atoms with Crippen molar-refractivity contribution in [2.24, 2.45) is 11.7 Å².